The lowest BCUT2D eigenvalue weighted by Crippen LogP contribution is -2.44. The normalized spacial score (nSPS) is 27.4. The summed E-state index contributed by atoms with van der Waals surface area (Å²) < 4.78 is 11.3. The van der Waals surface area contributed by atoms with Gasteiger partial charge in [0.2, 0.25) is 5.91 Å². The second-order valence-electron chi connectivity index (χ2n) is 7.57. The fraction of sp³-hybridized carbons (Fsp3) is 0.895. The molecule has 1 heterocycles. The Morgan fingerprint density at radius 3 is 2.56 bits per heavy atom. The summed E-state index contributed by atoms with van der Waals surface area (Å²) in [6.07, 6.45) is 6.12. The van der Waals surface area contributed by atoms with E-state index in [0.29, 0.717) is 25.6 Å². The minimum atomic E-state index is -0.845. The predicted molar refractivity (Wildman–Crippen MR) is 94.3 cm³/mol. The molecule has 0 spiro atoms. The first-order valence-electron chi connectivity index (χ1n) is 9.75. The van der Waals surface area contributed by atoms with E-state index >= 15 is 0 Å². The number of hydrogen-bond acceptors (Lipinski definition) is 4. The van der Waals surface area contributed by atoms with Gasteiger partial charge in [-0.25, -0.2) is 0 Å². The van der Waals surface area contributed by atoms with Gasteiger partial charge in [-0.1, -0.05) is 26.7 Å². The molecule has 0 radical (unpaired) electrons. The molecule has 2 rings (SSSR count). The van der Waals surface area contributed by atoms with E-state index in [9.17, 15) is 14.7 Å². The SMILES string of the molecule is CCC(OC1CCCC(C)C1)C(=O)NCC(C(=O)O)C1CCOCC1. The second kappa shape index (κ2) is 10.1. The van der Waals surface area contributed by atoms with Crippen LogP contribution < -0.4 is 5.32 Å². The van der Waals surface area contributed by atoms with Crippen molar-refractivity contribution < 1.29 is 24.2 Å². The Hall–Kier alpha value is -1.14. The van der Waals surface area contributed by atoms with Crippen molar-refractivity contribution in [3.8, 4) is 0 Å². The summed E-state index contributed by atoms with van der Waals surface area (Å²) in [5.74, 6) is -0.877. The minimum Gasteiger partial charge on any atom is -0.481 e. The summed E-state index contributed by atoms with van der Waals surface area (Å²) in [6, 6.07) is 0. The Labute approximate surface area is 150 Å². The van der Waals surface area contributed by atoms with E-state index in [4.69, 9.17) is 9.47 Å². The number of carboxylic acids is 1. The van der Waals surface area contributed by atoms with Gasteiger partial charge in [-0.05, 0) is 43.9 Å². The summed E-state index contributed by atoms with van der Waals surface area (Å²) >= 11 is 0. The van der Waals surface area contributed by atoms with E-state index in [2.05, 4.69) is 12.2 Å². The van der Waals surface area contributed by atoms with Crippen LogP contribution in [0.1, 0.15) is 58.8 Å². The summed E-state index contributed by atoms with van der Waals surface area (Å²) in [5, 5.41) is 12.3. The van der Waals surface area contributed by atoms with Gasteiger partial charge in [0.25, 0.3) is 0 Å². The van der Waals surface area contributed by atoms with E-state index < -0.39 is 18.0 Å². The highest BCUT2D eigenvalue weighted by Gasteiger charge is 2.31. The third-order valence-corrected chi connectivity index (χ3v) is 5.56. The molecule has 0 aromatic heterocycles. The number of carbonyl (C=O) groups is 2. The molecule has 1 aliphatic heterocycles. The van der Waals surface area contributed by atoms with Gasteiger partial charge in [-0.3, -0.25) is 9.59 Å². The molecule has 1 amide bonds. The fourth-order valence-corrected chi connectivity index (χ4v) is 3.98. The second-order valence-corrected chi connectivity index (χ2v) is 7.57. The molecule has 2 N–H and O–H groups in total. The fourth-order valence-electron chi connectivity index (χ4n) is 3.98. The molecule has 1 aliphatic carbocycles. The molecule has 4 unspecified atom stereocenters. The van der Waals surface area contributed by atoms with Crippen LogP contribution in [0.25, 0.3) is 0 Å². The van der Waals surface area contributed by atoms with Gasteiger partial charge in [0.15, 0.2) is 0 Å². The summed E-state index contributed by atoms with van der Waals surface area (Å²) in [7, 11) is 0. The number of ether oxygens (including phenoxy) is 2. The number of carbonyl (C=O) groups excluding carboxylic acids is 1. The van der Waals surface area contributed by atoms with E-state index in [1.165, 1.54) is 6.42 Å². The maximum Gasteiger partial charge on any atom is 0.308 e. The quantitative estimate of drug-likeness (QED) is 0.699. The van der Waals surface area contributed by atoms with E-state index in [0.717, 1.165) is 32.1 Å². The van der Waals surface area contributed by atoms with Gasteiger partial charge in [0.05, 0.1) is 12.0 Å². The van der Waals surface area contributed by atoms with Crippen molar-refractivity contribution in [1.29, 1.82) is 0 Å². The van der Waals surface area contributed by atoms with Crippen LogP contribution in [0.5, 0.6) is 0 Å². The maximum absolute atomic E-state index is 12.5. The van der Waals surface area contributed by atoms with Crippen LogP contribution in [-0.2, 0) is 19.1 Å². The number of rotatable bonds is 8. The van der Waals surface area contributed by atoms with Crippen LogP contribution in [-0.4, -0.2) is 48.9 Å². The van der Waals surface area contributed by atoms with Gasteiger partial charge >= 0.3 is 5.97 Å². The Kier molecular flexibility index (Phi) is 8.16. The lowest BCUT2D eigenvalue weighted by Gasteiger charge is -2.31. The summed E-state index contributed by atoms with van der Waals surface area (Å²) in [4.78, 5) is 24.1. The molecule has 1 saturated heterocycles. The van der Waals surface area contributed by atoms with Crippen molar-refractivity contribution in [2.24, 2.45) is 17.8 Å². The van der Waals surface area contributed by atoms with Crippen LogP contribution >= 0.6 is 0 Å². The summed E-state index contributed by atoms with van der Waals surface area (Å²) in [6.45, 7) is 5.53. The third-order valence-electron chi connectivity index (χ3n) is 5.56. The smallest absolute Gasteiger partial charge is 0.308 e. The molecule has 0 aromatic carbocycles. The Morgan fingerprint density at radius 1 is 1.24 bits per heavy atom. The zero-order chi connectivity index (χ0) is 18.2. The van der Waals surface area contributed by atoms with E-state index in [1.54, 1.807) is 0 Å². The Bertz CT molecular complexity index is 436. The zero-order valence-electron chi connectivity index (χ0n) is 15.5. The topological polar surface area (TPSA) is 84.9 Å². The first-order valence-corrected chi connectivity index (χ1v) is 9.75. The molecule has 6 nitrogen and oxygen atoms in total. The first kappa shape index (κ1) is 20.2. The third kappa shape index (κ3) is 6.26. The molecular weight excluding hydrogens is 322 g/mol. The van der Waals surface area contributed by atoms with Crippen molar-refractivity contribution in [3.63, 3.8) is 0 Å². The molecule has 0 bridgehead atoms. The van der Waals surface area contributed by atoms with Crippen molar-refractivity contribution in [1.82, 2.24) is 5.32 Å². The van der Waals surface area contributed by atoms with Gasteiger partial charge in [-0.2, -0.15) is 0 Å². The summed E-state index contributed by atoms with van der Waals surface area (Å²) in [5.41, 5.74) is 0. The monoisotopic (exact) mass is 355 g/mol. The highest BCUT2D eigenvalue weighted by molar-refractivity contribution is 5.81. The average Bonchev–Trinajstić information content (AvgIpc) is 2.60. The van der Waals surface area contributed by atoms with Gasteiger partial charge in [0.1, 0.15) is 6.10 Å². The van der Waals surface area contributed by atoms with Crippen LogP contribution in [0.4, 0.5) is 0 Å². The van der Waals surface area contributed by atoms with Crippen molar-refractivity contribution >= 4 is 11.9 Å². The van der Waals surface area contributed by atoms with Crippen LogP contribution in [0, 0.1) is 17.8 Å². The average molecular weight is 355 g/mol. The van der Waals surface area contributed by atoms with Crippen molar-refractivity contribution in [2.75, 3.05) is 19.8 Å². The van der Waals surface area contributed by atoms with Crippen molar-refractivity contribution in [2.45, 2.75) is 71.0 Å². The number of carboxylic acid groups (broad SMARTS) is 1. The number of aliphatic carboxylic acids is 1. The highest BCUT2D eigenvalue weighted by Crippen LogP contribution is 2.27. The van der Waals surface area contributed by atoms with Gasteiger partial charge in [0, 0.05) is 19.8 Å². The lowest BCUT2D eigenvalue weighted by molar-refractivity contribution is -0.146. The molecule has 0 aromatic rings. The van der Waals surface area contributed by atoms with Crippen LogP contribution in [0.15, 0.2) is 0 Å². The molecule has 2 fully saturated rings. The maximum atomic E-state index is 12.5. The molecule has 25 heavy (non-hydrogen) atoms. The first-order chi connectivity index (χ1) is 12.0. The van der Waals surface area contributed by atoms with Crippen LogP contribution in [0.3, 0.4) is 0 Å². The lowest BCUT2D eigenvalue weighted by atomic mass is 9.86. The molecule has 4 atom stereocenters. The number of hydrogen-bond donors (Lipinski definition) is 2. The minimum absolute atomic E-state index is 0.0618. The molecule has 2 aliphatic rings. The standard InChI is InChI=1S/C19H33NO5/c1-3-17(25-15-6-4-5-13(2)11-15)18(21)20-12-16(19(22)23)14-7-9-24-10-8-14/h13-17H,3-12H2,1-2H3,(H,20,21)(H,22,23). The van der Waals surface area contributed by atoms with Gasteiger partial charge < -0.3 is 19.9 Å². The van der Waals surface area contributed by atoms with E-state index in [-0.39, 0.29) is 24.5 Å². The molecule has 6 heteroatoms. The highest BCUT2D eigenvalue weighted by atomic mass is 16.5. The zero-order valence-corrected chi connectivity index (χ0v) is 15.5. The molecular formula is C19H33NO5. The van der Waals surface area contributed by atoms with Gasteiger partial charge in [-0.15, -0.1) is 0 Å². The molecule has 1 saturated carbocycles. The molecule has 144 valence electrons. The Morgan fingerprint density at radius 2 is 1.96 bits per heavy atom. The Balaban J connectivity index is 1.83. The number of amides is 1. The largest absolute Gasteiger partial charge is 0.481 e. The van der Waals surface area contributed by atoms with E-state index in [1.807, 2.05) is 6.92 Å². The van der Waals surface area contributed by atoms with Crippen LogP contribution in [0.2, 0.25) is 0 Å². The predicted octanol–water partition coefficient (Wildman–Crippen LogP) is 2.60. The van der Waals surface area contributed by atoms with Crippen molar-refractivity contribution in [3.05, 3.63) is 0 Å². The number of nitrogens with one attached hydrogen (secondary N) is 1.